The highest BCUT2D eigenvalue weighted by Gasteiger charge is 2.18. The smallest absolute Gasteiger partial charge is 0.336 e. The van der Waals surface area contributed by atoms with Crippen molar-refractivity contribution in [2.24, 2.45) is 5.73 Å². The molecule has 0 aliphatic rings. The number of aromatic carboxylic acids is 1. The molecule has 4 N–H and O–H groups in total. The van der Waals surface area contributed by atoms with Gasteiger partial charge in [0.2, 0.25) is 0 Å². The Bertz CT molecular complexity index is 777. The number of carboxylic acids is 1. The lowest BCUT2D eigenvalue weighted by Gasteiger charge is -2.09. The van der Waals surface area contributed by atoms with Crippen LogP contribution in [0.15, 0.2) is 42.5 Å². The first-order chi connectivity index (χ1) is 10.4. The molecule has 0 unspecified atom stereocenters. The number of nitrogens with one attached hydrogen (secondary N) is 1. The van der Waals surface area contributed by atoms with Gasteiger partial charge >= 0.3 is 5.97 Å². The van der Waals surface area contributed by atoms with E-state index in [1.807, 2.05) is 0 Å². The summed E-state index contributed by atoms with van der Waals surface area (Å²) in [6, 6.07) is 10.5. The van der Waals surface area contributed by atoms with Crippen molar-refractivity contribution >= 4 is 46.4 Å². The molecular formula is C15H11ClN2O3S. The van der Waals surface area contributed by atoms with E-state index in [4.69, 9.17) is 34.7 Å². The summed E-state index contributed by atoms with van der Waals surface area (Å²) in [4.78, 5) is 23.7. The minimum absolute atomic E-state index is 0.0115. The third kappa shape index (κ3) is 3.41. The largest absolute Gasteiger partial charge is 0.478 e. The maximum Gasteiger partial charge on any atom is 0.336 e. The minimum Gasteiger partial charge on any atom is -0.478 e. The highest BCUT2D eigenvalue weighted by Crippen LogP contribution is 2.25. The van der Waals surface area contributed by atoms with Crippen molar-refractivity contribution in [1.82, 2.24) is 0 Å². The van der Waals surface area contributed by atoms with E-state index in [1.54, 1.807) is 12.1 Å². The van der Waals surface area contributed by atoms with Crippen LogP contribution < -0.4 is 11.1 Å². The summed E-state index contributed by atoms with van der Waals surface area (Å²) >= 11 is 10.7. The first-order valence-electron chi connectivity index (χ1n) is 6.13. The number of hydrogen-bond donors (Lipinski definition) is 3. The van der Waals surface area contributed by atoms with Gasteiger partial charge in [-0.25, -0.2) is 4.79 Å². The van der Waals surface area contributed by atoms with Gasteiger partial charge in [-0.1, -0.05) is 29.8 Å². The maximum absolute atomic E-state index is 12.5. The third-order valence-corrected chi connectivity index (χ3v) is 3.32. The van der Waals surface area contributed by atoms with E-state index in [0.717, 1.165) is 0 Å². The van der Waals surface area contributed by atoms with Gasteiger partial charge in [-0.3, -0.25) is 4.79 Å². The van der Waals surface area contributed by atoms with Gasteiger partial charge in [0.15, 0.2) is 10.9 Å². The first kappa shape index (κ1) is 15.9. The van der Waals surface area contributed by atoms with Crippen LogP contribution >= 0.6 is 23.8 Å². The van der Waals surface area contributed by atoms with Crippen LogP contribution in [0, 0.1) is 0 Å². The molecule has 7 heteroatoms. The zero-order valence-corrected chi connectivity index (χ0v) is 12.7. The number of ketones is 1. The second kappa shape index (κ2) is 6.55. The molecule has 0 aliphatic heterocycles. The topological polar surface area (TPSA) is 92.4 Å². The Morgan fingerprint density at radius 3 is 2.36 bits per heavy atom. The van der Waals surface area contributed by atoms with Crippen LogP contribution in [0.1, 0.15) is 26.3 Å². The van der Waals surface area contributed by atoms with Crippen LogP contribution in [0.5, 0.6) is 0 Å². The molecule has 0 saturated heterocycles. The summed E-state index contributed by atoms with van der Waals surface area (Å²) < 4.78 is 0. The molecule has 5 nitrogen and oxygen atoms in total. The molecule has 0 saturated carbocycles. The predicted molar refractivity (Wildman–Crippen MR) is 88.7 cm³/mol. The molecule has 0 heterocycles. The molecule has 2 rings (SSSR count). The van der Waals surface area contributed by atoms with Crippen LogP contribution in [-0.2, 0) is 0 Å². The van der Waals surface area contributed by atoms with Gasteiger partial charge < -0.3 is 16.2 Å². The van der Waals surface area contributed by atoms with Crippen molar-refractivity contribution in [3.63, 3.8) is 0 Å². The number of halogens is 1. The summed E-state index contributed by atoms with van der Waals surface area (Å²) in [5.74, 6) is -1.60. The Morgan fingerprint density at radius 1 is 1.14 bits per heavy atom. The Balaban J connectivity index is 2.46. The highest BCUT2D eigenvalue weighted by molar-refractivity contribution is 7.80. The fraction of sp³-hybridized carbons (Fsp3) is 0. The average Bonchev–Trinajstić information content (AvgIpc) is 2.48. The van der Waals surface area contributed by atoms with Crippen molar-refractivity contribution < 1.29 is 14.7 Å². The Labute approximate surface area is 136 Å². The van der Waals surface area contributed by atoms with Crippen LogP contribution in [-0.4, -0.2) is 22.0 Å². The summed E-state index contributed by atoms with van der Waals surface area (Å²) in [5, 5.41) is 12.2. The lowest BCUT2D eigenvalue weighted by Crippen LogP contribution is -2.19. The predicted octanol–water partition coefficient (Wildman–Crippen LogP) is 2.92. The van der Waals surface area contributed by atoms with Gasteiger partial charge in [-0.2, -0.15) is 0 Å². The van der Waals surface area contributed by atoms with E-state index in [1.165, 1.54) is 30.3 Å². The van der Waals surface area contributed by atoms with E-state index in [0.29, 0.717) is 10.7 Å². The fourth-order valence-corrected chi connectivity index (χ4v) is 2.19. The summed E-state index contributed by atoms with van der Waals surface area (Å²) in [6.45, 7) is 0. The summed E-state index contributed by atoms with van der Waals surface area (Å²) in [5.41, 5.74) is 6.08. The number of rotatable bonds is 4. The summed E-state index contributed by atoms with van der Waals surface area (Å²) in [7, 11) is 0. The molecular weight excluding hydrogens is 324 g/mol. The number of thiocarbonyl (C=S) groups is 1. The first-order valence-corrected chi connectivity index (χ1v) is 6.92. The fourth-order valence-electron chi connectivity index (χ4n) is 1.92. The molecule has 22 heavy (non-hydrogen) atoms. The van der Waals surface area contributed by atoms with Crippen LogP contribution in [0.2, 0.25) is 5.02 Å². The van der Waals surface area contributed by atoms with Crippen LogP contribution in [0.3, 0.4) is 0 Å². The number of anilines is 1. The number of carboxylic acid groups (broad SMARTS) is 1. The van der Waals surface area contributed by atoms with E-state index in [2.05, 4.69) is 5.32 Å². The standard InChI is InChI=1S/C15H11ClN2O3S/c16-11-6-5-8(7-12(11)18-15(17)22)13(19)9-3-1-2-4-10(9)14(20)21/h1-7H,(H,20,21)(H3,17,18,22). The van der Waals surface area contributed by atoms with Crippen molar-refractivity contribution in [3.8, 4) is 0 Å². The maximum atomic E-state index is 12.5. The molecule has 0 aliphatic carbocycles. The van der Waals surface area contributed by atoms with Crippen molar-refractivity contribution in [3.05, 3.63) is 64.2 Å². The zero-order chi connectivity index (χ0) is 16.3. The van der Waals surface area contributed by atoms with Crippen LogP contribution in [0.4, 0.5) is 5.69 Å². The Morgan fingerprint density at radius 2 is 1.77 bits per heavy atom. The summed E-state index contributed by atoms with van der Waals surface area (Å²) in [6.07, 6.45) is 0. The minimum atomic E-state index is -1.17. The molecule has 0 aromatic heterocycles. The van der Waals surface area contributed by atoms with E-state index in [-0.39, 0.29) is 21.8 Å². The molecule has 0 fully saturated rings. The van der Waals surface area contributed by atoms with Crippen LogP contribution in [0.25, 0.3) is 0 Å². The quantitative estimate of drug-likeness (QED) is 0.588. The van der Waals surface area contributed by atoms with Gasteiger partial charge in [-0.05, 0) is 36.5 Å². The van der Waals surface area contributed by atoms with Gasteiger partial charge in [0.05, 0.1) is 16.3 Å². The van der Waals surface area contributed by atoms with E-state index >= 15 is 0 Å². The van der Waals surface area contributed by atoms with Crippen molar-refractivity contribution in [1.29, 1.82) is 0 Å². The number of hydrogen-bond acceptors (Lipinski definition) is 3. The Hall–Kier alpha value is -2.44. The third-order valence-electron chi connectivity index (χ3n) is 2.89. The lowest BCUT2D eigenvalue weighted by atomic mass is 9.98. The van der Waals surface area contributed by atoms with Gasteiger partial charge in [-0.15, -0.1) is 0 Å². The van der Waals surface area contributed by atoms with Crippen molar-refractivity contribution in [2.75, 3.05) is 5.32 Å². The van der Waals surface area contributed by atoms with E-state index < -0.39 is 11.8 Å². The average molecular weight is 335 g/mol. The van der Waals surface area contributed by atoms with Gasteiger partial charge in [0, 0.05) is 11.1 Å². The number of carbonyl (C=O) groups is 2. The second-order valence-corrected chi connectivity index (χ2v) is 5.21. The number of benzene rings is 2. The molecule has 0 bridgehead atoms. The second-order valence-electron chi connectivity index (χ2n) is 4.36. The van der Waals surface area contributed by atoms with Crippen molar-refractivity contribution in [2.45, 2.75) is 0 Å². The molecule has 0 amide bonds. The SMILES string of the molecule is NC(=S)Nc1cc(C(=O)c2ccccc2C(=O)O)ccc1Cl. The number of carbonyl (C=O) groups excluding carboxylic acids is 1. The molecule has 0 atom stereocenters. The van der Waals surface area contributed by atoms with Gasteiger partial charge in [0.25, 0.3) is 0 Å². The highest BCUT2D eigenvalue weighted by atomic mass is 35.5. The molecule has 112 valence electrons. The molecule has 0 radical (unpaired) electrons. The number of nitrogens with two attached hydrogens (primary N) is 1. The lowest BCUT2D eigenvalue weighted by molar-refractivity contribution is 0.0693. The monoisotopic (exact) mass is 334 g/mol. The molecule has 2 aromatic rings. The van der Waals surface area contributed by atoms with Gasteiger partial charge in [0.1, 0.15) is 0 Å². The zero-order valence-electron chi connectivity index (χ0n) is 11.2. The normalized spacial score (nSPS) is 10.0. The molecule has 2 aromatic carbocycles. The molecule has 0 spiro atoms. The Kier molecular flexibility index (Phi) is 4.75. The van der Waals surface area contributed by atoms with E-state index in [9.17, 15) is 9.59 Å².